The molecular formula is C17H30F2. The highest BCUT2D eigenvalue weighted by Crippen LogP contribution is 2.42. The second-order valence-electron chi connectivity index (χ2n) is 6.87. The lowest BCUT2D eigenvalue weighted by Crippen LogP contribution is -2.26. The first-order chi connectivity index (χ1) is 9.33. The summed E-state index contributed by atoms with van der Waals surface area (Å²) in [6.45, 7) is -0.270. The zero-order valence-corrected chi connectivity index (χ0v) is 12.3. The zero-order chi connectivity index (χ0) is 13.5. The molecule has 2 saturated carbocycles. The molecule has 2 aliphatic carbocycles. The molecule has 2 rings (SSSR count). The molecular weight excluding hydrogens is 242 g/mol. The van der Waals surface area contributed by atoms with Crippen molar-refractivity contribution in [3.05, 3.63) is 0 Å². The van der Waals surface area contributed by atoms with Crippen LogP contribution < -0.4 is 0 Å². The van der Waals surface area contributed by atoms with Gasteiger partial charge in [0.15, 0.2) is 0 Å². The van der Waals surface area contributed by atoms with Crippen LogP contribution in [0.15, 0.2) is 0 Å². The Kier molecular flexibility index (Phi) is 6.59. The van der Waals surface area contributed by atoms with Crippen LogP contribution in [0.3, 0.4) is 0 Å². The summed E-state index contributed by atoms with van der Waals surface area (Å²) in [5.74, 6) is 3.31. The third-order valence-corrected chi connectivity index (χ3v) is 5.71. The maximum absolute atomic E-state index is 12.3. The number of halogens is 2. The van der Waals surface area contributed by atoms with Gasteiger partial charge in [-0.1, -0.05) is 25.7 Å². The van der Waals surface area contributed by atoms with Gasteiger partial charge in [0.1, 0.15) is 0 Å². The lowest BCUT2D eigenvalue weighted by molar-refractivity contribution is 0.137. The minimum Gasteiger partial charge on any atom is -0.251 e. The molecule has 0 N–H and O–H groups in total. The van der Waals surface area contributed by atoms with Gasteiger partial charge in [0.25, 0.3) is 0 Å². The van der Waals surface area contributed by atoms with Gasteiger partial charge in [-0.2, -0.15) is 0 Å². The molecule has 0 spiro atoms. The molecule has 0 aromatic carbocycles. The third kappa shape index (κ3) is 4.72. The van der Waals surface area contributed by atoms with Crippen LogP contribution in [0.25, 0.3) is 0 Å². The predicted octanol–water partition coefficient (Wildman–Crippen LogP) is 5.71. The molecule has 2 aliphatic rings. The summed E-state index contributed by atoms with van der Waals surface area (Å²) in [6.07, 6.45) is 13.3. The normalized spacial score (nSPS) is 36.3. The van der Waals surface area contributed by atoms with Crippen molar-refractivity contribution in [3.63, 3.8) is 0 Å². The van der Waals surface area contributed by atoms with E-state index in [4.69, 9.17) is 0 Å². The topological polar surface area (TPSA) is 0 Å². The largest absolute Gasteiger partial charge is 0.251 e. The van der Waals surface area contributed by atoms with Crippen LogP contribution in [-0.4, -0.2) is 13.3 Å². The molecule has 0 amide bonds. The van der Waals surface area contributed by atoms with E-state index in [9.17, 15) is 8.78 Å². The van der Waals surface area contributed by atoms with Crippen molar-refractivity contribution >= 4 is 0 Å². The quantitative estimate of drug-likeness (QED) is 0.581. The molecule has 0 unspecified atom stereocenters. The van der Waals surface area contributed by atoms with Crippen LogP contribution in [0.1, 0.15) is 70.6 Å². The lowest BCUT2D eigenvalue weighted by atomic mass is 9.68. The molecule has 2 heteroatoms. The minimum absolute atomic E-state index is 0.130. The summed E-state index contributed by atoms with van der Waals surface area (Å²) in [5, 5.41) is 0. The van der Waals surface area contributed by atoms with E-state index < -0.39 is 0 Å². The van der Waals surface area contributed by atoms with Gasteiger partial charge in [-0.15, -0.1) is 0 Å². The maximum atomic E-state index is 12.3. The Morgan fingerprint density at radius 2 is 1.05 bits per heavy atom. The van der Waals surface area contributed by atoms with Crippen molar-refractivity contribution in [2.24, 2.45) is 23.7 Å². The monoisotopic (exact) mass is 272 g/mol. The molecule has 0 atom stereocenters. The Morgan fingerprint density at radius 1 is 0.579 bits per heavy atom. The first-order valence-corrected chi connectivity index (χ1v) is 8.45. The van der Waals surface area contributed by atoms with Gasteiger partial charge in [0, 0.05) is 0 Å². The molecule has 0 aromatic rings. The highest BCUT2D eigenvalue weighted by Gasteiger charge is 2.30. The predicted molar refractivity (Wildman–Crippen MR) is 76.7 cm³/mol. The third-order valence-electron chi connectivity index (χ3n) is 5.71. The smallest absolute Gasteiger partial charge is 0.0897 e. The van der Waals surface area contributed by atoms with E-state index in [1.54, 1.807) is 0 Å². The first kappa shape index (κ1) is 15.3. The van der Waals surface area contributed by atoms with E-state index in [1.165, 1.54) is 51.4 Å². The van der Waals surface area contributed by atoms with Crippen LogP contribution in [0.2, 0.25) is 0 Å². The number of alkyl halides is 2. The molecule has 0 saturated heterocycles. The summed E-state index contributed by atoms with van der Waals surface area (Å²) in [6, 6.07) is 0. The maximum Gasteiger partial charge on any atom is 0.0897 e. The Morgan fingerprint density at radius 3 is 1.47 bits per heavy atom. The molecule has 112 valence electrons. The average Bonchev–Trinajstić information content (AvgIpc) is 2.47. The average molecular weight is 272 g/mol. The molecule has 19 heavy (non-hydrogen) atoms. The van der Waals surface area contributed by atoms with E-state index in [2.05, 4.69) is 0 Å². The lowest BCUT2D eigenvalue weighted by Gasteiger charge is -2.37. The van der Waals surface area contributed by atoms with Gasteiger partial charge in [0.05, 0.1) is 13.3 Å². The molecule has 2 fully saturated rings. The second kappa shape index (κ2) is 8.21. The fraction of sp³-hybridized carbons (Fsp3) is 1.00. The van der Waals surface area contributed by atoms with Crippen molar-refractivity contribution in [1.29, 1.82) is 0 Å². The highest BCUT2D eigenvalue weighted by atomic mass is 19.1. The second-order valence-corrected chi connectivity index (χ2v) is 6.87. The number of hydrogen-bond acceptors (Lipinski definition) is 0. The first-order valence-electron chi connectivity index (χ1n) is 8.45. The van der Waals surface area contributed by atoms with E-state index in [-0.39, 0.29) is 13.3 Å². The fourth-order valence-corrected chi connectivity index (χ4v) is 4.42. The molecule has 0 aromatic heterocycles. The molecule has 0 heterocycles. The van der Waals surface area contributed by atoms with E-state index >= 15 is 0 Å². The molecule has 0 nitrogen and oxygen atoms in total. The molecule has 0 aliphatic heterocycles. The van der Waals surface area contributed by atoms with Crippen molar-refractivity contribution in [1.82, 2.24) is 0 Å². The Bertz CT molecular complexity index is 225. The van der Waals surface area contributed by atoms with Gasteiger partial charge in [0.2, 0.25) is 0 Å². The SMILES string of the molecule is FCCCC1CCC(C2CCC(CCF)CC2)CC1. The highest BCUT2D eigenvalue weighted by molar-refractivity contribution is 4.82. The Labute approximate surface area is 117 Å². The Balaban J connectivity index is 1.65. The summed E-state index contributed by atoms with van der Waals surface area (Å²) < 4.78 is 24.5. The van der Waals surface area contributed by atoms with E-state index in [0.29, 0.717) is 5.92 Å². The van der Waals surface area contributed by atoms with Gasteiger partial charge >= 0.3 is 0 Å². The van der Waals surface area contributed by atoms with Crippen molar-refractivity contribution in [3.8, 4) is 0 Å². The van der Waals surface area contributed by atoms with Crippen LogP contribution in [0, 0.1) is 23.7 Å². The summed E-state index contributed by atoms with van der Waals surface area (Å²) in [4.78, 5) is 0. The van der Waals surface area contributed by atoms with Crippen LogP contribution in [-0.2, 0) is 0 Å². The molecule has 0 radical (unpaired) electrons. The fourth-order valence-electron chi connectivity index (χ4n) is 4.42. The van der Waals surface area contributed by atoms with E-state index in [0.717, 1.165) is 37.0 Å². The van der Waals surface area contributed by atoms with Crippen molar-refractivity contribution < 1.29 is 8.78 Å². The molecule has 0 bridgehead atoms. The minimum atomic E-state index is -0.140. The van der Waals surface area contributed by atoms with Gasteiger partial charge in [-0.05, 0) is 68.6 Å². The van der Waals surface area contributed by atoms with Gasteiger partial charge in [-0.3, -0.25) is 8.78 Å². The van der Waals surface area contributed by atoms with Crippen LogP contribution >= 0.6 is 0 Å². The van der Waals surface area contributed by atoms with Crippen molar-refractivity contribution in [2.45, 2.75) is 70.6 Å². The summed E-state index contributed by atoms with van der Waals surface area (Å²) >= 11 is 0. The number of rotatable bonds is 6. The Hall–Kier alpha value is -0.140. The van der Waals surface area contributed by atoms with Crippen LogP contribution in [0.4, 0.5) is 8.78 Å². The summed E-state index contributed by atoms with van der Waals surface area (Å²) in [5.41, 5.74) is 0. The zero-order valence-electron chi connectivity index (χ0n) is 12.3. The van der Waals surface area contributed by atoms with Crippen molar-refractivity contribution in [2.75, 3.05) is 13.3 Å². The van der Waals surface area contributed by atoms with Gasteiger partial charge in [-0.25, -0.2) is 0 Å². The van der Waals surface area contributed by atoms with Gasteiger partial charge < -0.3 is 0 Å². The van der Waals surface area contributed by atoms with E-state index in [1.807, 2.05) is 0 Å². The number of hydrogen-bond donors (Lipinski definition) is 0. The van der Waals surface area contributed by atoms with Crippen LogP contribution in [0.5, 0.6) is 0 Å². The summed E-state index contributed by atoms with van der Waals surface area (Å²) in [7, 11) is 0. The standard InChI is InChI=1S/C17H30F2/c18-12-1-2-14-3-7-16(8-4-14)17-9-5-15(6-10-17)11-13-19/h14-17H,1-13H2.